The highest BCUT2D eigenvalue weighted by molar-refractivity contribution is 5.94. The van der Waals surface area contributed by atoms with E-state index in [4.69, 9.17) is 4.74 Å². The molecule has 24 heavy (non-hydrogen) atoms. The zero-order valence-electron chi connectivity index (χ0n) is 13.3. The van der Waals surface area contributed by atoms with Gasteiger partial charge in [0, 0.05) is 18.7 Å². The molecule has 0 aliphatic rings. The van der Waals surface area contributed by atoms with Gasteiger partial charge in [-0.25, -0.2) is 4.39 Å². The molecule has 2 amide bonds. The minimum absolute atomic E-state index is 0.173. The molecule has 0 aromatic heterocycles. The van der Waals surface area contributed by atoms with Gasteiger partial charge in [-0.3, -0.25) is 9.59 Å². The Hall–Kier alpha value is -2.89. The summed E-state index contributed by atoms with van der Waals surface area (Å²) in [4.78, 5) is 23.7. The maximum Gasteiger partial charge on any atom is 0.251 e. The topological polar surface area (TPSA) is 67.4 Å². The first kappa shape index (κ1) is 17.5. The van der Waals surface area contributed by atoms with E-state index in [0.29, 0.717) is 24.4 Å². The summed E-state index contributed by atoms with van der Waals surface area (Å²) in [6.45, 7) is 0.641. The Labute approximate surface area is 139 Å². The molecule has 0 radical (unpaired) electrons. The third kappa shape index (κ3) is 5.39. The molecule has 0 unspecified atom stereocenters. The SMILES string of the molecule is COc1ccc(C(=O)NCCNC(=O)Cc2ccc(F)cc2)cc1. The monoisotopic (exact) mass is 330 g/mol. The van der Waals surface area contributed by atoms with Crippen molar-refractivity contribution in [1.29, 1.82) is 0 Å². The van der Waals surface area contributed by atoms with Crippen molar-refractivity contribution in [2.24, 2.45) is 0 Å². The Morgan fingerprint density at radius 2 is 1.58 bits per heavy atom. The molecule has 0 saturated carbocycles. The quantitative estimate of drug-likeness (QED) is 0.762. The number of nitrogens with one attached hydrogen (secondary N) is 2. The second-order valence-electron chi connectivity index (χ2n) is 5.14. The van der Waals surface area contributed by atoms with Gasteiger partial charge in [0.05, 0.1) is 13.5 Å². The van der Waals surface area contributed by atoms with Gasteiger partial charge in [-0.15, -0.1) is 0 Å². The van der Waals surface area contributed by atoms with E-state index in [1.165, 1.54) is 12.1 Å². The number of carbonyl (C=O) groups is 2. The van der Waals surface area contributed by atoms with Crippen LogP contribution in [0.15, 0.2) is 48.5 Å². The summed E-state index contributed by atoms with van der Waals surface area (Å²) in [7, 11) is 1.56. The summed E-state index contributed by atoms with van der Waals surface area (Å²) in [5, 5.41) is 5.42. The first-order chi connectivity index (χ1) is 11.6. The molecule has 2 N–H and O–H groups in total. The third-order valence-electron chi connectivity index (χ3n) is 3.36. The van der Waals surface area contributed by atoms with Gasteiger partial charge in [-0.05, 0) is 42.0 Å². The molecule has 0 fully saturated rings. The van der Waals surface area contributed by atoms with Gasteiger partial charge in [0.2, 0.25) is 5.91 Å². The van der Waals surface area contributed by atoms with Gasteiger partial charge in [0.25, 0.3) is 5.91 Å². The maximum atomic E-state index is 12.8. The molecular weight excluding hydrogens is 311 g/mol. The smallest absolute Gasteiger partial charge is 0.251 e. The van der Waals surface area contributed by atoms with Crippen molar-refractivity contribution in [2.75, 3.05) is 20.2 Å². The molecule has 0 saturated heterocycles. The molecular formula is C18H19FN2O3. The second-order valence-corrected chi connectivity index (χ2v) is 5.14. The van der Waals surface area contributed by atoms with Crippen LogP contribution in [0.25, 0.3) is 0 Å². The van der Waals surface area contributed by atoms with Gasteiger partial charge >= 0.3 is 0 Å². The number of ether oxygens (including phenoxy) is 1. The molecule has 2 aromatic rings. The Kier molecular flexibility index (Phi) is 6.31. The van der Waals surface area contributed by atoms with Crippen molar-refractivity contribution in [3.8, 4) is 5.75 Å². The number of methoxy groups -OCH3 is 1. The summed E-state index contributed by atoms with van der Waals surface area (Å²) in [6.07, 6.45) is 0.173. The maximum absolute atomic E-state index is 12.8. The fourth-order valence-electron chi connectivity index (χ4n) is 2.07. The van der Waals surface area contributed by atoms with Gasteiger partial charge in [0.1, 0.15) is 11.6 Å². The van der Waals surface area contributed by atoms with E-state index in [0.717, 1.165) is 5.56 Å². The molecule has 0 heterocycles. The van der Waals surface area contributed by atoms with E-state index in [2.05, 4.69) is 10.6 Å². The average molecular weight is 330 g/mol. The van der Waals surface area contributed by atoms with Crippen LogP contribution in [0, 0.1) is 5.82 Å². The molecule has 126 valence electrons. The third-order valence-corrected chi connectivity index (χ3v) is 3.36. The molecule has 0 atom stereocenters. The Bertz CT molecular complexity index is 684. The van der Waals surface area contributed by atoms with Crippen LogP contribution in [0.4, 0.5) is 4.39 Å². The lowest BCUT2D eigenvalue weighted by Gasteiger charge is -2.08. The predicted octanol–water partition coefficient (Wildman–Crippen LogP) is 1.92. The summed E-state index contributed by atoms with van der Waals surface area (Å²) in [6, 6.07) is 12.5. The Morgan fingerprint density at radius 1 is 0.958 bits per heavy atom. The molecule has 6 heteroatoms. The summed E-state index contributed by atoms with van der Waals surface area (Å²) in [5.74, 6) is -0.0502. The molecule has 0 spiro atoms. The highest BCUT2D eigenvalue weighted by Crippen LogP contribution is 2.10. The number of hydrogen-bond donors (Lipinski definition) is 2. The van der Waals surface area contributed by atoms with Crippen molar-refractivity contribution in [3.63, 3.8) is 0 Å². The van der Waals surface area contributed by atoms with Crippen molar-refractivity contribution in [2.45, 2.75) is 6.42 Å². The highest BCUT2D eigenvalue weighted by atomic mass is 19.1. The van der Waals surface area contributed by atoms with Crippen molar-refractivity contribution < 1.29 is 18.7 Å². The Morgan fingerprint density at radius 3 is 2.21 bits per heavy atom. The van der Waals surface area contributed by atoms with Crippen molar-refractivity contribution in [1.82, 2.24) is 10.6 Å². The van der Waals surface area contributed by atoms with E-state index in [1.54, 1.807) is 43.5 Å². The van der Waals surface area contributed by atoms with Crippen LogP contribution >= 0.6 is 0 Å². The van der Waals surface area contributed by atoms with Crippen LogP contribution in [-0.2, 0) is 11.2 Å². The first-order valence-corrected chi connectivity index (χ1v) is 7.52. The summed E-state index contributed by atoms with van der Waals surface area (Å²) >= 11 is 0. The number of rotatable bonds is 7. The fraction of sp³-hybridized carbons (Fsp3) is 0.222. The van der Waals surface area contributed by atoms with E-state index >= 15 is 0 Å². The van der Waals surface area contributed by atoms with Crippen LogP contribution in [0.3, 0.4) is 0 Å². The van der Waals surface area contributed by atoms with E-state index in [-0.39, 0.29) is 24.1 Å². The van der Waals surface area contributed by atoms with Gasteiger partial charge in [-0.1, -0.05) is 12.1 Å². The average Bonchev–Trinajstić information content (AvgIpc) is 2.60. The zero-order chi connectivity index (χ0) is 17.4. The second kappa shape index (κ2) is 8.67. The fourth-order valence-corrected chi connectivity index (χ4v) is 2.07. The van der Waals surface area contributed by atoms with Crippen LogP contribution in [0.2, 0.25) is 0 Å². The molecule has 0 aliphatic carbocycles. The lowest BCUT2D eigenvalue weighted by Crippen LogP contribution is -2.35. The number of halogens is 1. The number of benzene rings is 2. The minimum Gasteiger partial charge on any atom is -0.497 e. The van der Waals surface area contributed by atoms with Gasteiger partial charge < -0.3 is 15.4 Å². The summed E-state index contributed by atoms with van der Waals surface area (Å²) in [5.41, 5.74) is 1.25. The number of hydrogen-bond acceptors (Lipinski definition) is 3. The van der Waals surface area contributed by atoms with Gasteiger partial charge in [0.15, 0.2) is 0 Å². The van der Waals surface area contributed by atoms with Crippen LogP contribution < -0.4 is 15.4 Å². The number of carbonyl (C=O) groups excluding carboxylic acids is 2. The number of amides is 2. The molecule has 2 aromatic carbocycles. The van der Waals surface area contributed by atoms with Crippen LogP contribution in [0.5, 0.6) is 5.75 Å². The summed E-state index contributed by atoms with van der Waals surface area (Å²) < 4.78 is 17.8. The highest BCUT2D eigenvalue weighted by Gasteiger charge is 2.06. The molecule has 0 bridgehead atoms. The normalized spacial score (nSPS) is 10.1. The molecule has 0 aliphatic heterocycles. The zero-order valence-corrected chi connectivity index (χ0v) is 13.3. The van der Waals surface area contributed by atoms with Crippen LogP contribution in [0.1, 0.15) is 15.9 Å². The van der Waals surface area contributed by atoms with E-state index < -0.39 is 0 Å². The minimum atomic E-state index is -0.333. The van der Waals surface area contributed by atoms with E-state index in [9.17, 15) is 14.0 Å². The van der Waals surface area contributed by atoms with Crippen molar-refractivity contribution in [3.05, 3.63) is 65.5 Å². The largest absolute Gasteiger partial charge is 0.497 e. The van der Waals surface area contributed by atoms with Crippen molar-refractivity contribution >= 4 is 11.8 Å². The lowest BCUT2D eigenvalue weighted by atomic mass is 10.1. The first-order valence-electron chi connectivity index (χ1n) is 7.52. The Balaban J connectivity index is 1.68. The lowest BCUT2D eigenvalue weighted by molar-refractivity contribution is -0.120. The predicted molar refractivity (Wildman–Crippen MR) is 88.4 cm³/mol. The van der Waals surface area contributed by atoms with E-state index in [1.807, 2.05) is 0 Å². The molecule has 2 rings (SSSR count). The van der Waals surface area contributed by atoms with Gasteiger partial charge in [-0.2, -0.15) is 0 Å². The molecule has 5 nitrogen and oxygen atoms in total. The standard InChI is InChI=1S/C18H19FN2O3/c1-24-16-8-4-14(5-9-16)18(23)21-11-10-20-17(22)12-13-2-6-15(19)7-3-13/h2-9H,10-12H2,1H3,(H,20,22)(H,21,23). The van der Waals surface area contributed by atoms with Crippen LogP contribution in [-0.4, -0.2) is 32.0 Å².